The Labute approximate surface area is 122 Å². The molecule has 0 radical (unpaired) electrons. The van der Waals surface area contributed by atoms with E-state index < -0.39 is 10.0 Å². The summed E-state index contributed by atoms with van der Waals surface area (Å²) in [6.45, 7) is 1.67. The maximum absolute atomic E-state index is 12.7. The molecule has 4 rings (SSSR count). The number of nitrogens with zero attached hydrogens (tertiary/aromatic N) is 2. The second kappa shape index (κ2) is 4.51. The van der Waals surface area contributed by atoms with Crippen LogP contribution in [-0.4, -0.2) is 30.6 Å². The molecule has 0 amide bonds. The molecule has 110 valence electrons. The van der Waals surface area contributed by atoms with E-state index in [0.29, 0.717) is 31.1 Å². The van der Waals surface area contributed by atoms with Gasteiger partial charge in [0.25, 0.3) is 0 Å². The van der Waals surface area contributed by atoms with E-state index in [4.69, 9.17) is 9.47 Å². The largest absolute Gasteiger partial charge is 0.454 e. The molecule has 1 aromatic carbocycles. The van der Waals surface area contributed by atoms with E-state index >= 15 is 0 Å². The predicted octanol–water partition coefficient (Wildman–Crippen LogP) is 1.42. The Morgan fingerprint density at radius 2 is 1.90 bits per heavy atom. The highest BCUT2D eigenvalue weighted by Crippen LogP contribution is 2.35. The van der Waals surface area contributed by atoms with Crippen LogP contribution in [0.4, 0.5) is 0 Å². The highest BCUT2D eigenvalue weighted by Gasteiger charge is 2.29. The van der Waals surface area contributed by atoms with Crippen LogP contribution < -0.4 is 9.47 Å². The van der Waals surface area contributed by atoms with Gasteiger partial charge in [0, 0.05) is 31.0 Å². The Bertz CT molecular complexity index is 797. The van der Waals surface area contributed by atoms with Crippen molar-refractivity contribution >= 4 is 10.0 Å². The minimum atomic E-state index is -3.52. The maximum Gasteiger partial charge on any atom is 0.243 e. The van der Waals surface area contributed by atoms with Crippen molar-refractivity contribution in [2.75, 3.05) is 13.3 Å². The van der Waals surface area contributed by atoms with Gasteiger partial charge in [-0.05, 0) is 24.3 Å². The van der Waals surface area contributed by atoms with Gasteiger partial charge < -0.3 is 14.0 Å². The van der Waals surface area contributed by atoms with Gasteiger partial charge in [-0.3, -0.25) is 0 Å². The number of ether oxygens (including phenoxy) is 2. The van der Waals surface area contributed by atoms with Gasteiger partial charge >= 0.3 is 0 Å². The number of aromatic nitrogens is 1. The molecule has 0 fully saturated rings. The summed E-state index contributed by atoms with van der Waals surface area (Å²) in [7, 11) is -3.52. The molecular formula is C14H14N2O4S. The molecule has 0 saturated heterocycles. The summed E-state index contributed by atoms with van der Waals surface area (Å²) in [6.07, 6.45) is 1.97. The average molecular weight is 306 g/mol. The Morgan fingerprint density at radius 1 is 1.05 bits per heavy atom. The van der Waals surface area contributed by atoms with Crippen molar-refractivity contribution in [2.24, 2.45) is 0 Å². The highest BCUT2D eigenvalue weighted by atomic mass is 32.2. The van der Waals surface area contributed by atoms with E-state index in [1.807, 2.05) is 18.3 Å². The van der Waals surface area contributed by atoms with Crippen LogP contribution >= 0.6 is 0 Å². The zero-order valence-electron chi connectivity index (χ0n) is 11.2. The molecule has 7 heteroatoms. The van der Waals surface area contributed by atoms with Gasteiger partial charge in [-0.1, -0.05) is 0 Å². The molecule has 6 nitrogen and oxygen atoms in total. The van der Waals surface area contributed by atoms with Crippen LogP contribution in [-0.2, 0) is 23.1 Å². The van der Waals surface area contributed by atoms with Crippen LogP contribution in [0.25, 0.3) is 0 Å². The van der Waals surface area contributed by atoms with Crippen LogP contribution in [0.2, 0.25) is 0 Å². The van der Waals surface area contributed by atoms with E-state index in [1.165, 1.54) is 10.4 Å². The zero-order chi connectivity index (χ0) is 14.4. The summed E-state index contributed by atoms with van der Waals surface area (Å²) in [4.78, 5) is 0.242. The molecule has 1 aromatic heterocycles. The maximum atomic E-state index is 12.7. The Morgan fingerprint density at radius 3 is 2.81 bits per heavy atom. The van der Waals surface area contributed by atoms with Crippen molar-refractivity contribution in [2.45, 2.75) is 18.0 Å². The lowest BCUT2D eigenvalue weighted by Crippen LogP contribution is -2.37. The van der Waals surface area contributed by atoms with E-state index in [1.54, 1.807) is 12.1 Å². The van der Waals surface area contributed by atoms with Crippen LogP contribution in [0, 0.1) is 0 Å². The van der Waals surface area contributed by atoms with Gasteiger partial charge in [0.1, 0.15) is 0 Å². The van der Waals surface area contributed by atoms with Gasteiger partial charge in [0.2, 0.25) is 16.8 Å². The Kier molecular flexibility index (Phi) is 2.73. The van der Waals surface area contributed by atoms with Crippen LogP contribution in [0.15, 0.2) is 41.4 Å². The minimum absolute atomic E-state index is 0.135. The fourth-order valence-electron chi connectivity index (χ4n) is 2.68. The van der Waals surface area contributed by atoms with Crippen LogP contribution in [0.1, 0.15) is 5.69 Å². The van der Waals surface area contributed by atoms with Crippen LogP contribution in [0.5, 0.6) is 11.5 Å². The first-order chi connectivity index (χ1) is 10.1. The molecule has 2 aliphatic heterocycles. The third-order valence-corrected chi connectivity index (χ3v) is 5.68. The van der Waals surface area contributed by atoms with Crippen molar-refractivity contribution in [3.05, 3.63) is 42.2 Å². The average Bonchev–Trinajstić information content (AvgIpc) is 3.14. The van der Waals surface area contributed by atoms with Crippen molar-refractivity contribution in [3.8, 4) is 11.5 Å². The van der Waals surface area contributed by atoms with Gasteiger partial charge in [0.15, 0.2) is 11.5 Å². The summed E-state index contributed by atoms with van der Waals surface area (Å²) in [5.74, 6) is 1.07. The number of rotatable bonds is 2. The number of hydrogen-bond acceptors (Lipinski definition) is 4. The van der Waals surface area contributed by atoms with Crippen molar-refractivity contribution < 1.29 is 17.9 Å². The lowest BCUT2D eigenvalue weighted by molar-refractivity contribution is 0.174. The molecule has 0 atom stereocenters. The lowest BCUT2D eigenvalue weighted by Gasteiger charge is -2.27. The molecule has 0 aliphatic carbocycles. The molecule has 21 heavy (non-hydrogen) atoms. The third kappa shape index (κ3) is 2.00. The predicted molar refractivity (Wildman–Crippen MR) is 74.6 cm³/mol. The first-order valence-corrected chi connectivity index (χ1v) is 8.12. The summed E-state index contributed by atoms with van der Waals surface area (Å²) in [5.41, 5.74) is 1.01. The number of benzene rings is 1. The molecule has 0 N–H and O–H groups in total. The third-order valence-electron chi connectivity index (χ3n) is 3.83. The van der Waals surface area contributed by atoms with E-state index in [-0.39, 0.29) is 11.7 Å². The molecule has 0 spiro atoms. The molecule has 0 saturated carbocycles. The van der Waals surface area contributed by atoms with Gasteiger partial charge in [0.05, 0.1) is 11.4 Å². The van der Waals surface area contributed by atoms with Crippen molar-refractivity contribution in [3.63, 3.8) is 0 Å². The molecule has 2 aliphatic rings. The summed E-state index contributed by atoms with van der Waals surface area (Å²) in [6, 6.07) is 8.62. The standard InChI is InChI=1S/C14H14N2O4S/c17-21(18,12-3-4-13-14(8-12)20-10-19-13)16-7-6-15-5-1-2-11(15)9-16/h1-5,8H,6-7,9-10H2. The molecule has 2 aromatic rings. The summed E-state index contributed by atoms with van der Waals surface area (Å²) >= 11 is 0. The lowest BCUT2D eigenvalue weighted by atomic mass is 10.3. The topological polar surface area (TPSA) is 60.8 Å². The minimum Gasteiger partial charge on any atom is -0.454 e. The highest BCUT2D eigenvalue weighted by molar-refractivity contribution is 7.89. The number of sulfonamides is 1. The number of hydrogen-bond donors (Lipinski definition) is 0. The molecule has 0 unspecified atom stereocenters. The van der Waals surface area contributed by atoms with E-state index in [9.17, 15) is 8.42 Å². The van der Waals surface area contributed by atoms with Gasteiger partial charge in [-0.25, -0.2) is 8.42 Å². The molecular weight excluding hydrogens is 292 g/mol. The molecule has 0 bridgehead atoms. The normalized spacial score (nSPS) is 17.7. The summed E-state index contributed by atoms with van der Waals surface area (Å²) in [5, 5.41) is 0. The van der Waals surface area contributed by atoms with Gasteiger partial charge in [-0.15, -0.1) is 0 Å². The van der Waals surface area contributed by atoms with Gasteiger partial charge in [-0.2, -0.15) is 4.31 Å². The number of fused-ring (bicyclic) bond motifs is 2. The second-order valence-electron chi connectivity index (χ2n) is 5.05. The monoisotopic (exact) mass is 306 g/mol. The van der Waals surface area contributed by atoms with Crippen molar-refractivity contribution in [1.82, 2.24) is 8.87 Å². The fourth-order valence-corrected chi connectivity index (χ4v) is 4.10. The first-order valence-electron chi connectivity index (χ1n) is 6.68. The fraction of sp³-hybridized carbons (Fsp3) is 0.286. The van der Waals surface area contributed by atoms with E-state index in [0.717, 1.165) is 5.69 Å². The first kappa shape index (κ1) is 12.7. The zero-order valence-corrected chi connectivity index (χ0v) is 12.0. The molecule has 3 heterocycles. The Balaban J connectivity index is 1.68. The SMILES string of the molecule is O=S(=O)(c1ccc2c(c1)OCO2)N1CCn2cccc2C1. The van der Waals surface area contributed by atoms with Crippen LogP contribution in [0.3, 0.4) is 0 Å². The van der Waals surface area contributed by atoms with Crippen molar-refractivity contribution in [1.29, 1.82) is 0 Å². The van der Waals surface area contributed by atoms with E-state index in [2.05, 4.69) is 4.57 Å². The Hall–Kier alpha value is -1.99. The smallest absolute Gasteiger partial charge is 0.243 e. The quantitative estimate of drug-likeness (QED) is 0.842. The second-order valence-corrected chi connectivity index (χ2v) is 6.98. The summed E-state index contributed by atoms with van der Waals surface area (Å²) < 4.78 is 39.5.